The van der Waals surface area contributed by atoms with Crippen LogP contribution < -0.4 is 10.6 Å². The summed E-state index contributed by atoms with van der Waals surface area (Å²) < 4.78 is 0. The van der Waals surface area contributed by atoms with Gasteiger partial charge >= 0.3 is 0 Å². The van der Waals surface area contributed by atoms with E-state index in [1.54, 1.807) is 6.20 Å². The normalized spacial score (nSPS) is 11.0. The van der Waals surface area contributed by atoms with Crippen LogP contribution in [0.4, 0.5) is 5.13 Å². The molecule has 110 valence electrons. The minimum atomic E-state index is -0.232. The van der Waals surface area contributed by atoms with Crippen LogP contribution in [-0.4, -0.2) is 16.0 Å². The van der Waals surface area contributed by atoms with Crippen molar-refractivity contribution < 1.29 is 4.79 Å². The van der Waals surface area contributed by atoms with Gasteiger partial charge in [-0.05, 0) is 35.3 Å². The number of anilines is 1. The average Bonchev–Trinajstić information content (AvgIpc) is 2.90. The van der Waals surface area contributed by atoms with Crippen LogP contribution in [0.5, 0.6) is 0 Å². The highest BCUT2D eigenvalue weighted by molar-refractivity contribution is 7.80. The molecule has 2 rings (SSSR count). The van der Waals surface area contributed by atoms with E-state index in [-0.39, 0.29) is 16.4 Å². The number of thiocarbonyl (C=S) groups is 1. The molecule has 1 heterocycles. The van der Waals surface area contributed by atoms with Crippen LogP contribution in [0.15, 0.2) is 35.8 Å². The third-order valence-corrected chi connectivity index (χ3v) is 3.79. The molecule has 0 aliphatic heterocycles. The summed E-state index contributed by atoms with van der Waals surface area (Å²) in [4.78, 5) is 16.1. The first kappa shape index (κ1) is 15.6. The third-order valence-electron chi connectivity index (χ3n) is 2.89. The first-order valence-corrected chi connectivity index (χ1v) is 7.77. The number of thiazole rings is 1. The minimum absolute atomic E-state index is 0.0662. The van der Waals surface area contributed by atoms with E-state index in [0.717, 1.165) is 0 Å². The Hall–Kier alpha value is -1.79. The van der Waals surface area contributed by atoms with Gasteiger partial charge < -0.3 is 5.32 Å². The molecular formula is C15H17N3OS2. The average molecular weight is 319 g/mol. The first-order valence-electron chi connectivity index (χ1n) is 6.48. The number of rotatable bonds is 2. The molecule has 0 radical (unpaired) electrons. The number of amides is 1. The Labute approximate surface area is 133 Å². The largest absolute Gasteiger partial charge is 0.308 e. The number of carbonyl (C=O) groups excluding carboxylic acids is 1. The molecule has 6 heteroatoms. The van der Waals surface area contributed by atoms with E-state index < -0.39 is 0 Å². The quantitative estimate of drug-likeness (QED) is 0.831. The van der Waals surface area contributed by atoms with Gasteiger partial charge in [-0.25, -0.2) is 4.98 Å². The molecule has 0 spiro atoms. The predicted octanol–water partition coefficient (Wildman–Crippen LogP) is 3.57. The monoisotopic (exact) mass is 319 g/mol. The molecule has 0 fully saturated rings. The van der Waals surface area contributed by atoms with E-state index in [0.29, 0.717) is 10.7 Å². The maximum Gasteiger partial charge on any atom is 0.257 e. The van der Waals surface area contributed by atoms with E-state index in [4.69, 9.17) is 12.2 Å². The molecule has 0 saturated carbocycles. The molecule has 0 unspecified atom stereocenters. The zero-order valence-corrected chi connectivity index (χ0v) is 13.8. The lowest BCUT2D eigenvalue weighted by molar-refractivity contribution is 0.0977. The van der Waals surface area contributed by atoms with Crippen LogP contribution in [0.25, 0.3) is 0 Å². The Morgan fingerprint density at radius 3 is 2.43 bits per heavy atom. The van der Waals surface area contributed by atoms with E-state index in [1.165, 1.54) is 16.9 Å². The maximum atomic E-state index is 12.1. The zero-order valence-electron chi connectivity index (χ0n) is 12.1. The molecule has 2 aromatic rings. The van der Waals surface area contributed by atoms with Gasteiger partial charge in [0.25, 0.3) is 5.91 Å². The second-order valence-electron chi connectivity index (χ2n) is 5.57. The molecule has 1 aromatic carbocycles. The molecule has 0 aliphatic rings. The molecule has 4 nitrogen and oxygen atoms in total. The van der Waals surface area contributed by atoms with Gasteiger partial charge in [-0.2, -0.15) is 0 Å². The number of hydrogen-bond acceptors (Lipinski definition) is 4. The summed E-state index contributed by atoms with van der Waals surface area (Å²) in [6.45, 7) is 6.40. The first-order chi connectivity index (χ1) is 9.86. The molecule has 1 aromatic heterocycles. The van der Waals surface area contributed by atoms with Crippen LogP contribution in [-0.2, 0) is 5.41 Å². The number of nitrogens with one attached hydrogen (secondary N) is 2. The smallest absolute Gasteiger partial charge is 0.257 e. The van der Waals surface area contributed by atoms with Crippen molar-refractivity contribution in [1.29, 1.82) is 0 Å². The lowest BCUT2D eigenvalue weighted by Gasteiger charge is -2.19. The zero-order chi connectivity index (χ0) is 15.5. The topological polar surface area (TPSA) is 54.0 Å². The Morgan fingerprint density at radius 2 is 1.90 bits per heavy atom. The second-order valence-corrected chi connectivity index (χ2v) is 6.88. The third kappa shape index (κ3) is 4.34. The Morgan fingerprint density at radius 1 is 1.24 bits per heavy atom. The van der Waals surface area contributed by atoms with E-state index in [2.05, 4.69) is 36.4 Å². The van der Waals surface area contributed by atoms with Crippen molar-refractivity contribution in [3.63, 3.8) is 0 Å². The highest BCUT2D eigenvalue weighted by Gasteiger charge is 2.14. The van der Waals surface area contributed by atoms with Crippen LogP contribution in [0, 0.1) is 0 Å². The summed E-state index contributed by atoms with van der Waals surface area (Å²) in [7, 11) is 0. The van der Waals surface area contributed by atoms with Gasteiger partial charge in [-0.15, -0.1) is 11.3 Å². The summed E-state index contributed by atoms with van der Waals surface area (Å²) in [5.41, 5.74) is 1.82. The highest BCUT2D eigenvalue weighted by Crippen LogP contribution is 2.22. The van der Waals surface area contributed by atoms with Gasteiger partial charge in [0.2, 0.25) is 0 Å². The van der Waals surface area contributed by atoms with Crippen molar-refractivity contribution in [2.45, 2.75) is 26.2 Å². The molecule has 0 atom stereocenters. The van der Waals surface area contributed by atoms with Crippen LogP contribution in [0.3, 0.4) is 0 Å². The van der Waals surface area contributed by atoms with E-state index in [1.807, 2.05) is 29.6 Å². The van der Waals surface area contributed by atoms with Crippen molar-refractivity contribution in [3.8, 4) is 0 Å². The molecule has 0 bridgehead atoms. The fourth-order valence-electron chi connectivity index (χ4n) is 1.71. The molecule has 2 N–H and O–H groups in total. The molecule has 0 aliphatic carbocycles. The predicted molar refractivity (Wildman–Crippen MR) is 90.9 cm³/mol. The highest BCUT2D eigenvalue weighted by atomic mass is 32.1. The molecule has 21 heavy (non-hydrogen) atoms. The Bertz CT molecular complexity index is 628. The summed E-state index contributed by atoms with van der Waals surface area (Å²) in [5.74, 6) is -0.232. The van der Waals surface area contributed by atoms with Crippen LogP contribution in [0.2, 0.25) is 0 Å². The Kier molecular flexibility index (Phi) is 4.69. The maximum absolute atomic E-state index is 12.1. The van der Waals surface area contributed by atoms with Gasteiger partial charge in [0.15, 0.2) is 10.2 Å². The number of nitrogens with zero attached hydrogens (tertiary/aromatic N) is 1. The number of carbonyl (C=O) groups is 1. The van der Waals surface area contributed by atoms with E-state index in [9.17, 15) is 4.79 Å². The lowest BCUT2D eigenvalue weighted by Crippen LogP contribution is -2.34. The van der Waals surface area contributed by atoms with Gasteiger partial charge in [-0.3, -0.25) is 10.1 Å². The summed E-state index contributed by atoms with van der Waals surface area (Å²) in [5, 5.41) is 8.24. The van der Waals surface area contributed by atoms with Gasteiger partial charge in [-0.1, -0.05) is 32.9 Å². The van der Waals surface area contributed by atoms with Crippen molar-refractivity contribution in [1.82, 2.24) is 10.3 Å². The standard InChI is InChI=1S/C15H17N3OS2/c1-15(2,3)11-6-4-10(5-7-11)12(19)17-13(20)18-14-16-8-9-21-14/h4-9H,1-3H3,(H2,16,17,18,19,20). The number of hydrogen-bond donors (Lipinski definition) is 2. The van der Waals surface area contributed by atoms with Crippen LogP contribution >= 0.6 is 23.6 Å². The summed E-state index contributed by atoms with van der Waals surface area (Å²) in [6, 6.07) is 7.54. The van der Waals surface area contributed by atoms with Crippen molar-refractivity contribution in [2.24, 2.45) is 0 Å². The van der Waals surface area contributed by atoms with Gasteiger partial charge in [0, 0.05) is 17.1 Å². The minimum Gasteiger partial charge on any atom is -0.308 e. The second kappa shape index (κ2) is 6.32. The lowest BCUT2D eigenvalue weighted by atomic mass is 9.87. The Balaban J connectivity index is 1.98. The number of benzene rings is 1. The van der Waals surface area contributed by atoms with Crippen LogP contribution in [0.1, 0.15) is 36.7 Å². The fourth-order valence-corrected chi connectivity index (χ4v) is 2.50. The fraction of sp³-hybridized carbons (Fsp3) is 0.267. The van der Waals surface area contributed by atoms with Crippen molar-refractivity contribution in [2.75, 3.05) is 5.32 Å². The van der Waals surface area contributed by atoms with Crippen molar-refractivity contribution in [3.05, 3.63) is 47.0 Å². The summed E-state index contributed by atoms with van der Waals surface area (Å²) in [6.07, 6.45) is 1.67. The number of aromatic nitrogens is 1. The van der Waals surface area contributed by atoms with Gasteiger partial charge in [0.05, 0.1) is 0 Å². The van der Waals surface area contributed by atoms with Crippen molar-refractivity contribution >= 4 is 39.7 Å². The summed E-state index contributed by atoms with van der Waals surface area (Å²) >= 11 is 6.50. The molecule has 0 saturated heterocycles. The van der Waals surface area contributed by atoms with Gasteiger partial charge in [0.1, 0.15) is 0 Å². The molecule has 1 amide bonds. The molecular weight excluding hydrogens is 302 g/mol. The SMILES string of the molecule is CC(C)(C)c1ccc(C(=O)NC(=S)Nc2nccs2)cc1. The van der Waals surface area contributed by atoms with E-state index >= 15 is 0 Å².